The number of carboxylic acids is 1. The quantitative estimate of drug-likeness (QED) is 0.420. The maximum atomic E-state index is 13.2. The molecule has 9 heteroatoms. The van der Waals surface area contributed by atoms with Crippen molar-refractivity contribution in [2.24, 2.45) is 5.92 Å². The van der Waals surface area contributed by atoms with Gasteiger partial charge in [-0.1, -0.05) is 51.9 Å². The van der Waals surface area contributed by atoms with Gasteiger partial charge in [-0.25, -0.2) is 9.78 Å². The topological polar surface area (TPSA) is 82.5 Å². The zero-order chi connectivity index (χ0) is 21.9. The van der Waals surface area contributed by atoms with Gasteiger partial charge in [0.15, 0.2) is 5.13 Å². The Morgan fingerprint density at radius 1 is 1.37 bits per heavy atom. The standard InChI is InChI=1S/C21H26BrN3O3S2/c1-13-10-15(22)8-9-16(13)25(12-14-6-4-5-7-14)20(28)24-19-23-11-17(29-19)30-21(2,3)18(26)27/h8-11,14H,4-7,12H2,1-3H3,(H,26,27)(H,23,24,28). The zero-order valence-corrected chi connectivity index (χ0v) is 20.5. The lowest BCUT2D eigenvalue weighted by Crippen LogP contribution is -2.38. The van der Waals surface area contributed by atoms with Gasteiger partial charge in [0.05, 0.1) is 10.4 Å². The number of thiazole rings is 1. The second-order valence-corrected chi connectivity index (χ2v) is 11.9. The summed E-state index contributed by atoms with van der Waals surface area (Å²) < 4.78 is 0.768. The molecule has 0 saturated heterocycles. The van der Waals surface area contributed by atoms with Crippen molar-refractivity contribution in [3.8, 4) is 0 Å². The van der Waals surface area contributed by atoms with Gasteiger partial charge in [-0.05, 0) is 63.3 Å². The first-order chi connectivity index (χ1) is 14.2. The van der Waals surface area contributed by atoms with Crippen LogP contribution >= 0.6 is 39.0 Å². The van der Waals surface area contributed by atoms with Crippen LogP contribution in [0.15, 0.2) is 33.1 Å². The van der Waals surface area contributed by atoms with Crippen LogP contribution < -0.4 is 10.2 Å². The number of carbonyl (C=O) groups is 2. The number of nitrogens with zero attached hydrogens (tertiary/aromatic N) is 2. The molecule has 1 fully saturated rings. The highest BCUT2D eigenvalue weighted by Gasteiger charge is 2.30. The van der Waals surface area contributed by atoms with Crippen LogP contribution in [0.3, 0.4) is 0 Å². The summed E-state index contributed by atoms with van der Waals surface area (Å²) >= 11 is 6.00. The molecule has 0 radical (unpaired) electrons. The summed E-state index contributed by atoms with van der Waals surface area (Å²) in [5.41, 5.74) is 1.91. The fourth-order valence-corrected chi connectivity index (χ4v) is 6.22. The van der Waals surface area contributed by atoms with Gasteiger partial charge in [-0.2, -0.15) is 0 Å². The molecule has 2 aromatic rings. The Labute approximate surface area is 193 Å². The lowest BCUT2D eigenvalue weighted by Gasteiger charge is -2.27. The highest BCUT2D eigenvalue weighted by atomic mass is 79.9. The van der Waals surface area contributed by atoms with Gasteiger partial charge < -0.3 is 5.11 Å². The molecule has 162 valence electrons. The van der Waals surface area contributed by atoms with Crippen LogP contribution in [0.1, 0.15) is 45.1 Å². The molecule has 6 nitrogen and oxygen atoms in total. The van der Waals surface area contributed by atoms with E-state index < -0.39 is 10.7 Å². The third kappa shape index (κ3) is 5.76. The molecular weight excluding hydrogens is 486 g/mol. The molecule has 0 unspecified atom stereocenters. The molecule has 0 bridgehead atoms. The molecule has 0 spiro atoms. The van der Waals surface area contributed by atoms with E-state index in [1.807, 2.05) is 30.0 Å². The number of halogens is 1. The second kappa shape index (κ2) is 9.70. The molecule has 1 aliphatic rings. The number of amides is 2. The number of urea groups is 1. The van der Waals surface area contributed by atoms with Crippen molar-refractivity contribution in [1.29, 1.82) is 0 Å². The van der Waals surface area contributed by atoms with E-state index in [9.17, 15) is 14.7 Å². The largest absolute Gasteiger partial charge is 0.480 e. The fourth-order valence-electron chi connectivity index (χ4n) is 3.48. The predicted octanol–water partition coefficient (Wildman–Crippen LogP) is 6.40. The summed E-state index contributed by atoms with van der Waals surface area (Å²) in [6.45, 7) is 5.98. The molecular formula is C21H26BrN3O3S2. The van der Waals surface area contributed by atoms with Gasteiger partial charge in [0.25, 0.3) is 0 Å². The zero-order valence-electron chi connectivity index (χ0n) is 17.3. The first-order valence-corrected chi connectivity index (χ1v) is 12.3. The van der Waals surface area contributed by atoms with Crippen molar-refractivity contribution >= 4 is 61.8 Å². The van der Waals surface area contributed by atoms with Gasteiger partial charge in [0.2, 0.25) is 0 Å². The number of benzene rings is 1. The Morgan fingerprint density at radius 2 is 2.07 bits per heavy atom. The molecule has 2 N–H and O–H groups in total. The minimum Gasteiger partial charge on any atom is -0.480 e. The fraction of sp³-hybridized carbons (Fsp3) is 0.476. The lowest BCUT2D eigenvalue weighted by atomic mass is 10.1. The average molecular weight is 512 g/mol. The van der Waals surface area contributed by atoms with E-state index in [2.05, 4.69) is 26.2 Å². The summed E-state index contributed by atoms with van der Waals surface area (Å²) in [5, 5.41) is 12.7. The Bertz CT molecular complexity index is 926. The van der Waals surface area contributed by atoms with E-state index in [1.165, 1.54) is 35.9 Å². The van der Waals surface area contributed by atoms with Crippen LogP contribution in [0.25, 0.3) is 0 Å². The lowest BCUT2D eigenvalue weighted by molar-refractivity contribution is -0.138. The molecule has 3 rings (SSSR count). The van der Waals surface area contributed by atoms with Gasteiger partial charge >= 0.3 is 12.0 Å². The SMILES string of the molecule is Cc1cc(Br)ccc1N(CC1CCCC1)C(=O)Nc1ncc(SC(C)(C)C(=O)O)s1. The van der Waals surface area contributed by atoms with Crippen LogP contribution in [0, 0.1) is 12.8 Å². The highest BCUT2D eigenvalue weighted by Crippen LogP contribution is 2.38. The molecule has 0 atom stereocenters. The summed E-state index contributed by atoms with van der Waals surface area (Å²) in [4.78, 5) is 30.7. The Morgan fingerprint density at radius 3 is 2.70 bits per heavy atom. The first-order valence-electron chi connectivity index (χ1n) is 9.88. The van der Waals surface area contributed by atoms with Crippen LogP contribution in [-0.4, -0.2) is 33.4 Å². The predicted molar refractivity (Wildman–Crippen MR) is 127 cm³/mol. The summed E-state index contributed by atoms with van der Waals surface area (Å²) in [7, 11) is 0. The van der Waals surface area contributed by atoms with E-state index in [4.69, 9.17) is 0 Å². The van der Waals surface area contributed by atoms with Crippen LogP contribution in [0.2, 0.25) is 0 Å². The van der Waals surface area contributed by atoms with Gasteiger partial charge in [-0.3, -0.25) is 15.0 Å². The molecule has 1 saturated carbocycles. The number of aliphatic carboxylic acids is 1. The number of aromatic nitrogens is 1. The number of hydrogen-bond acceptors (Lipinski definition) is 5. The Hall–Kier alpha value is -1.58. The number of anilines is 2. The van der Waals surface area contributed by atoms with Crippen molar-refractivity contribution < 1.29 is 14.7 Å². The Kier molecular flexibility index (Phi) is 7.47. The first kappa shape index (κ1) is 23.1. The number of nitrogens with one attached hydrogen (secondary N) is 1. The Balaban J connectivity index is 1.77. The van der Waals surface area contributed by atoms with Crippen LogP contribution in [-0.2, 0) is 4.79 Å². The van der Waals surface area contributed by atoms with E-state index >= 15 is 0 Å². The second-order valence-electron chi connectivity index (χ2n) is 8.02. The van der Waals surface area contributed by atoms with E-state index in [1.54, 1.807) is 20.0 Å². The van der Waals surface area contributed by atoms with Crippen LogP contribution in [0.4, 0.5) is 15.6 Å². The van der Waals surface area contributed by atoms with Crippen LogP contribution in [0.5, 0.6) is 0 Å². The average Bonchev–Trinajstić information content (AvgIpc) is 3.32. The van der Waals surface area contributed by atoms with Gasteiger partial charge in [0, 0.05) is 16.7 Å². The van der Waals surface area contributed by atoms with Gasteiger partial charge in [-0.15, -0.1) is 0 Å². The molecule has 30 heavy (non-hydrogen) atoms. The van der Waals surface area contributed by atoms with Crippen molar-refractivity contribution in [3.63, 3.8) is 0 Å². The number of hydrogen-bond donors (Lipinski definition) is 2. The van der Waals surface area contributed by atoms with Crippen molar-refractivity contribution in [2.45, 2.75) is 55.4 Å². The number of carbonyl (C=O) groups excluding carboxylic acids is 1. The number of rotatable bonds is 7. The molecule has 1 aromatic heterocycles. The number of aryl methyl sites for hydroxylation is 1. The number of thioether (sulfide) groups is 1. The number of carboxylic acid groups (broad SMARTS) is 1. The van der Waals surface area contributed by atoms with E-state index in [0.29, 0.717) is 17.6 Å². The normalized spacial score (nSPS) is 14.7. The minimum atomic E-state index is -0.961. The maximum Gasteiger partial charge on any atom is 0.328 e. The van der Waals surface area contributed by atoms with Crippen molar-refractivity contribution in [1.82, 2.24) is 4.98 Å². The minimum absolute atomic E-state index is 0.212. The molecule has 1 heterocycles. The van der Waals surface area contributed by atoms with E-state index in [0.717, 1.165) is 32.8 Å². The monoisotopic (exact) mass is 511 g/mol. The highest BCUT2D eigenvalue weighted by molar-refractivity contribution is 9.10. The maximum absolute atomic E-state index is 13.2. The van der Waals surface area contributed by atoms with E-state index in [-0.39, 0.29) is 6.03 Å². The molecule has 1 aliphatic carbocycles. The molecule has 2 amide bonds. The molecule has 0 aliphatic heterocycles. The van der Waals surface area contributed by atoms with Crippen molar-refractivity contribution in [2.75, 3.05) is 16.8 Å². The third-order valence-corrected chi connectivity index (χ3v) is 7.87. The smallest absolute Gasteiger partial charge is 0.328 e. The van der Waals surface area contributed by atoms with Crippen molar-refractivity contribution in [3.05, 3.63) is 34.4 Å². The van der Waals surface area contributed by atoms with Gasteiger partial charge in [0.1, 0.15) is 4.75 Å². The summed E-state index contributed by atoms with van der Waals surface area (Å²) in [5.74, 6) is -0.391. The third-order valence-electron chi connectivity index (χ3n) is 5.18. The molecule has 1 aromatic carbocycles. The summed E-state index contributed by atoms with van der Waals surface area (Å²) in [6.07, 6.45) is 6.32. The summed E-state index contributed by atoms with van der Waals surface area (Å²) in [6, 6.07) is 5.71.